The van der Waals surface area contributed by atoms with Crippen molar-refractivity contribution < 1.29 is 14.7 Å². The molecule has 2 aliphatic heterocycles. The molecule has 0 aromatic carbocycles. The van der Waals surface area contributed by atoms with Crippen molar-refractivity contribution in [2.75, 3.05) is 13.1 Å². The van der Waals surface area contributed by atoms with Crippen LogP contribution in [0.4, 0.5) is 4.79 Å². The number of carboxylic acid groups (broad SMARTS) is 1. The van der Waals surface area contributed by atoms with Crippen molar-refractivity contribution in [1.29, 1.82) is 0 Å². The van der Waals surface area contributed by atoms with Gasteiger partial charge in [0.25, 0.3) is 0 Å². The molecule has 2 aliphatic rings. The minimum atomic E-state index is -0.989. The molecule has 0 radical (unpaired) electrons. The second-order valence-corrected chi connectivity index (χ2v) is 3.94. The SMILES string of the molecule is CC1C(=O)N2CCCC2CN1C(=O)O. The maximum atomic E-state index is 11.7. The second kappa shape index (κ2) is 3.15. The van der Waals surface area contributed by atoms with Crippen LogP contribution < -0.4 is 0 Å². The maximum Gasteiger partial charge on any atom is 0.408 e. The van der Waals surface area contributed by atoms with E-state index in [0.29, 0.717) is 6.54 Å². The van der Waals surface area contributed by atoms with Gasteiger partial charge in [-0.1, -0.05) is 0 Å². The van der Waals surface area contributed by atoms with Crippen molar-refractivity contribution in [2.24, 2.45) is 0 Å². The molecule has 2 heterocycles. The molecule has 0 aromatic rings. The molecule has 78 valence electrons. The van der Waals surface area contributed by atoms with Gasteiger partial charge in [0.05, 0.1) is 0 Å². The first kappa shape index (κ1) is 9.30. The number of amides is 2. The summed E-state index contributed by atoms with van der Waals surface area (Å²) in [6.45, 7) is 2.93. The van der Waals surface area contributed by atoms with Crippen LogP contribution in [0.1, 0.15) is 19.8 Å². The molecule has 5 nitrogen and oxygen atoms in total. The molecule has 2 unspecified atom stereocenters. The van der Waals surface area contributed by atoms with E-state index in [2.05, 4.69) is 0 Å². The van der Waals surface area contributed by atoms with Gasteiger partial charge in [-0.15, -0.1) is 0 Å². The molecule has 0 aliphatic carbocycles. The first-order valence-corrected chi connectivity index (χ1v) is 4.91. The molecule has 0 spiro atoms. The van der Waals surface area contributed by atoms with E-state index in [4.69, 9.17) is 5.11 Å². The van der Waals surface area contributed by atoms with Gasteiger partial charge in [0.1, 0.15) is 6.04 Å². The molecule has 14 heavy (non-hydrogen) atoms. The first-order valence-electron chi connectivity index (χ1n) is 4.91. The number of hydrogen-bond acceptors (Lipinski definition) is 2. The number of carbonyl (C=O) groups excluding carboxylic acids is 1. The number of nitrogens with zero attached hydrogens (tertiary/aromatic N) is 2. The summed E-state index contributed by atoms with van der Waals surface area (Å²) in [5.41, 5.74) is 0. The van der Waals surface area contributed by atoms with Crippen LogP contribution in [-0.4, -0.2) is 52.1 Å². The molecular weight excluding hydrogens is 184 g/mol. The Balaban J connectivity index is 2.19. The monoisotopic (exact) mass is 198 g/mol. The van der Waals surface area contributed by atoms with E-state index in [1.165, 1.54) is 4.90 Å². The lowest BCUT2D eigenvalue weighted by molar-refractivity contribution is -0.141. The highest BCUT2D eigenvalue weighted by atomic mass is 16.4. The average Bonchev–Trinajstić information content (AvgIpc) is 2.58. The van der Waals surface area contributed by atoms with Crippen LogP contribution in [-0.2, 0) is 4.79 Å². The standard InChI is InChI=1S/C9H14N2O3/c1-6-8(12)10-4-2-3-7(10)5-11(6)9(13)14/h6-7H,2-5H2,1H3,(H,13,14). The molecule has 2 rings (SSSR count). The fourth-order valence-corrected chi connectivity index (χ4v) is 2.32. The molecule has 0 aromatic heterocycles. The third kappa shape index (κ3) is 1.23. The zero-order valence-corrected chi connectivity index (χ0v) is 8.14. The second-order valence-electron chi connectivity index (χ2n) is 3.94. The lowest BCUT2D eigenvalue weighted by atomic mass is 10.1. The van der Waals surface area contributed by atoms with Gasteiger partial charge in [0.2, 0.25) is 5.91 Å². The summed E-state index contributed by atoms with van der Waals surface area (Å²) in [7, 11) is 0. The van der Waals surface area contributed by atoms with Gasteiger partial charge in [-0.05, 0) is 19.8 Å². The van der Waals surface area contributed by atoms with Gasteiger partial charge in [-0.25, -0.2) is 4.79 Å². The minimum absolute atomic E-state index is 0.0406. The number of hydrogen-bond donors (Lipinski definition) is 1. The Bertz CT molecular complexity index is 279. The number of piperazine rings is 1. The molecule has 2 amide bonds. The Morgan fingerprint density at radius 3 is 2.93 bits per heavy atom. The molecule has 5 heteroatoms. The van der Waals surface area contributed by atoms with E-state index in [-0.39, 0.29) is 11.9 Å². The van der Waals surface area contributed by atoms with E-state index >= 15 is 0 Å². The molecular formula is C9H14N2O3. The zero-order chi connectivity index (χ0) is 10.3. The smallest absolute Gasteiger partial charge is 0.408 e. The van der Waals surface area contributed by atoms with E-state index in [1.807, 2.05) is 4.90 Å². The molecule has 2 atom stereocenters. The largest absolute Gasteiger partial charge is 0.465 e. The number of carbonyl (C=O) groups is 2. The van der Waals surface area contributed by atoms with E-state index in [1.54, 1.807) is 6.92 Å². The van der Waals surface area contributed by atoms with Crippen LogP contribution in [0.5, 0.6) is 0 Å². The highest BCUT2D eigenvalue weighted by molar-refractivity contribution is 5.86. The molecule has 0 saturated carbocycles. The predicted molar refractivity (Wildman–Crippen MR) is 48.9 cm³/mol. The fraction of sp³-hybridized carbons (Fsp3) is 0.778. The fourth-order valence-electron chi connectivity index (χ4n) is 2.32. The maximum absolute atomic E-state index is 11.7. The highest BCUT2D eigenvalue weighted by Gasteiger charge is 2.41. The predicted octanol–water partition coefficient (Wildman–Crippen LogP) is 0.359. The van der Waals surface area contributed by atoms with Gasteiger partial charge in [0.15, 0.2) is 0 Å². The molecule has 1 N–H and O–H groups in total. The number of fused-ring (bicyclic) bond motifs is 1. The van der Waals surface area contributed by atoms with Crippen molar-refractivity contribution >= 4 is 12.0 Å². The topological polar surface area (TPSA) is 60.9 Å². The summed E-state index contributed by atoms with van der Waals surface area (Å²) in [4.78, 5) is 25.7. The van der Waals surface area contributed by atoms with Crippen LogP contribution in [0, 0.1) is 0 Å². The Labute approximate surface area is 82.3 Å². The quantitative estimate of drug-likeness (QED) is 0.611. The normalized spacial score (nSPS) is 31.9. The van der Waals surface area contributed by atoms with Crippen LogP contribution in [0.2, 0.25) is 0 Å². The minimum Gasteiger partial charge on any atom is -0.465 e. The highest BCUT2D eigenvalue weighted by Crippen LogP contribution is 2.25. The zero-order valence-electron chi connectivity index (χ0n) is 8.14. The molecule has 2 saturated heterocycles. The van der Waals surface area contributed by atoms with Gasteiger partial charge >= 0.3 is 6.09 Å². The van der Waals surface area contributed by atoms with Crippen molar-refractivity contribution in [2.45, 2.75) is 31.8 Å². The third-order valence-corrected chi connectivity index (χ3v) is 3.14. The van der Waals surface area contributed by atoms with E-state index in [0.717, 1.165) is 19.4 Å². The summed E-state index contributed by atoms with van der Waals surface area (Å²) < 4.78 is 0. The summed E-state index contributed by atoms with van der Waals surface area (Å²) in [5.74, 6) is -0.0406. The van der Waals surface area contributed by atoms with Gasteiger partial charge in [-0.3, -0.25) is 9.69 Å². The summed E-state index contributed by atoms with van der Waals surface area (Å²) in [6.07, 6.45) is 0.941. The number of rotatable bonds is 0. The Kier molecular flexibility index (Phi) is 2.09. The van der Waals surface area contributed by atoms with E-state index < -0.39 is 12.1 Å². The Morgan fingerprint density at radius 1 is 1.57 bits per heavy atom. The lowest BCUT2D eigenvalue weighted by Crippen LogP contribution is -2.59. The average molecular weight is 198 g/mol. The van der Waals surface area contributed by atoms with Gasteiger partial charge < -0.3 is 10.0 Å². The van der Waals surface area contributed by atoms with Crippen LogP contribution in [0.15, 0.2) is 0 Å². The summed E-state index contributed by atoms with van der Waals surface area (Å²) >= 11 is 0. The molecule has 2 fully saturated rings. The van der Waals surface area contributed by atoms with Crippen LogP contribution in [0.3, 0.4) is 0 Å². The third-order valence-electron chi connectivity index (χ3n) is 3.14. The lowest BCUT2D eigenvalue weighted by Gasteiger charge is -2.39. The van der Waals surface area contributed by atoms with Crippen molar-refractivity contribution in [3.63, 3.8) is 0 Å². The van der Waals surface area contributed by atoms with Crippen molar-refractivity contribution in [1.82, 2.24) is 9.80 Å². The van der Waals surface area contributed by atoms with Gasteiger partial charge in [0, 0.05) is 19.1 Å². The van der Waals surface area contributed by atoms with Crippen molar-refractivity contribution in [3.05, 3.63) is 0 Å². The van der Waals surface area contributed by atoms with Crippen molar-refractivity contribution in [3.8, 4) is 0 Å². The molecule has 0 bridgehead atoms. The summed E-state index contributed by atoms with van der Waals surface area (Å²) in [5, 5.41) is 8.90. The van der Waals surface area contributed by atoms with E-state index in [9.17, 15) is 9.59 Å². The van der Waals surface area contributed by atoms with Crippen LogP contribution in [0.25, 0.3) is 0 Å². The Hall–Kier alpha value is -1.26. The van der Waals surface area contributed by atoms with Crippen LogP contribution >= 0.6 is 0 Å². The first-order chi connectivity index (χ1) is 6.61. The summed E-state index contributed by atoms with van der Waals surface area (Å²) in [6, 6.07) is -0.392. The Morgan fingerprint density at radius 2 is 2.29 bits per heavy atom. The van der Waals surface area contributed by atoms with Gasteiger partial charge in [-0.2, -0.15) is 0 Å².